The van der Waals surface area contributed by atoms with Crippen LogP contribution >= 0.6 is 0 Å². The SMILES string of the molecule is O=C(CNC(=O)OCc1ccccc1)N[C@H](Cc1c[nH]c2ccccc12)C(=O)[O-]. The number of carbonyl (C=O) groups excluding carboxylic acids is 3. The van der Waals surface area contributed by atoms with E-state index in [0.717, 1.165) is 22.0 Å². The third kappa shape index (κ3) is 5.58. The molecule has 0 saturated carbocycles. The van der Waals surface area contributed by atoms with Gasteiger partial charge in [-0.2, -0.15) is 0 Å². The van der Waals surface area contributed by atoms with Crippen LogP contribution in [0.2, 0.25) is 0 Å². The highest BCUT2D eigenvalue weighted by molar-refractivity contribution is 5.87. The molecule has 0 bridgehead atoms. The minimum Gasteiger partial charge on any atom is -0.548 e. The molecule has 0 unspecified atom stereocenters. The third-order valence-corrected chi connectivity index (χ3v) is 4.32. The fraction of sp³-hybridized carbons (Fsp3) is 0.190. The van der Waals surface area contributed by atoms with E-state index in [-0.39, 0.29) is 13.0 Å². The lowest BCUT2D eigenvalue weighted by Gasteiger charge is -2.19. The number of hydrogen-bond acceptors (Lipinski definition) is 5. The highest BCUT2D eigenvalue weighted by Gasteiger charge is 2.17. The van der Waals surface area contributed by atoms with Crippen LogP contribution in [0.5, 0.6) is 0 Å². The number of carboxylic acids is 1. The summed E-state index contributed by atoms with van der Waals surface area (Å²) in [6.07, 6.45) is 0.980. The molecule has 3 N–H and O–H groups in total. The van der Waals surface area contributed by atoms with Crippen LogP contribution in [0.25, 0.3) is 10.9 Å². The quantitative estimate of drug-likeness (QED) is 0.523. The van der Waals surface area contributed by atoms with Gasteiger partial charge in [0.25, 0.3) is 0 Å². The van der Waals surface area contributed by atoms with Crippen molar-refractivity contribution in [3.8, 4) is 0 Å². The van der Waals surface area contributed by atoms with E-state index in [4.69, 9.17) is 4.74 Å². The number of aromatic amines is 1. The van der Waals surface area contributed by atoms with E-state index in [9.17, 15) is 19.5 Å². The number of aromatic nitrogens is 1. The van der Waals surface area contributed by atoms with Crippen molar-refractivity contribution in [2.75, 3.05) is 6.54 Å². The second-order valence-corrected chi connectivity index (χ2v) is 6.42. The summed E-state index contributed by atoms with van der Waals surface area (Å²) in [5.41, 5.74) is 2.42. The highest BCUT2D eigenvalue weighted by atomic mass is 16.5. The maximum atomic E-state index is 12.0. The molecule has 0 spiro atoms. The standard InChI is InChI=1S/C21H21N3O5/c25-19(12-23-21(28)29-13-14-6-2-1-3-7-14)24-18(20(26)27)10-15-11-22-17-9-5-4-8-16(15)17/h1-9,11,18,22H,10,12-13H2,(H,23,28)(H,24,25)(H,26,27)/p-1/t18-/m1/s1. The molecule has 1 heterocycles. The molecule has 0 saturated heterocycles. The summed E-state index contributed by atoms with van der Waals surface area (Å²) in [5, 5.41) is 17.0. The smallest absolute Gasteiger partial charge is 0.407 e. The van der Waals surface area contributed by atoms with E-state index in [0.29, 0.717) is 0 Å². The third-order valence-electron chi connectivity index (χ3n) is 4.32. The number of fused-ring (bicyclic) bond motifs is 1. The summed E-state index contributed by atoms with van der Waals surface area (Å²) in [6, 6.07) is 15.3. The molecule has 0 aliphatic carbocycles. The molecule has 3 rings (SSSR count). The number of carboxylic acid groups (broad SMARTS) is 1. The Bertz CT molecular complexity index is 1000. The number of alkyl carbamates (subject to hydrolysis) is 1. The summed E-state index contributed by atoms with van der Waals surface area (Å²) in [4.78, 5) is 38.2. The molecule has 2 aromatic carbocycles. The van der Waals surface area contributed by atoms with Gasteiger partial charge in [-0.1, -0.05) is 48.5 Å². The Morgan fingerprint density at radius 3 is 2.52 bits per heavy atom. The molecule has 0 aliphatic heterocycles. The van der Waals surface area contributed by atoms with Crippen LogP contribution in [0.15, 0.2) is 60.8 Å². The minimum atomic E-state index is -1.41. The Hall–Kier alpha value is -3.81. The Morgan fingerprint density at radius 2 is 1.76 bits per heavy atom. The molecule has 3 aromatic rings. The van der Waals surface area contributed by atoms with E-state index in [1.807, 2.05) is 42.5 Å². The van der Waals surface area contributed by atoms with Crippen LogP contribution in [0.3, 0.4) is 0 Å². The number of aliphatic carboxylic acids is 1. The summed E-state index contributed by atoms with van der Waals surface area (Å²) in [5.74, 6) is -2.06. The van der Waals surface area contributed by atoms with Crippen LogP contribution in [0.4, 0.5) is 4.79 Å². The first-order chi connectivity index (χ1) is 14.0. The fourth-order valence-electron chi connectivity index (χ4n) is 2.89. The number of ether oxygens (including phenoxy) is 1. The minimum absolute atomic E-state index is 0.0521. The molecule has 1 atom stereocenters. The average Bonchev–Trinajstić information content (AvgIpc) is 3.14. The molecule has 29 heavy (non-hydrogen) atoms. The van der Waals surface area contributed by atoms with Gasteiger partial charge in [0, 0.05) is 23.5 Å². The molecule has 1 aromatic heterocycles. The Kier molecular flexibility index (Phi) is 6.47. The van der Waals surface area contributed by atoms with Crippen LogP contribution in [-0.4, -0.2) is 35.5 Å². The van der Waals surface area contributed by atoms with Crippen LogP contribution < -0.4 is 15.7 Å². The van der Waals surface area contributed by atoms with Gasteiger partial charge in [0.2, 0.25) is 5.91 Å². The van der Waals surface area contributed by atoms with E-state index in [1.54, 1.807) is 18.3 Å². The Morgan fingerprint density at radius 1 is 1.03 bits per heavy atom. The largest absolute Gasteiger partial charge is 0.548 e. The van der Waals surface area contributed by atoms with Crippen molar-refractivity contribution in [3.63, 3.8) is 0 Å². The molecule has 0 fully saturated rings. The second-order valence-electron chi connectivity index (χ2n) is 6.42. The van der Waals surface area contributed by atoms with Crippen molar-refractivity contribution in [1.29, 1.82) is 0 Å². The van der Waals surface area contributed by atoms with Gasteiger partial charge in [0.1, 0.15) is 13.2 Å². The predicted octanol–water partition coefficient (Wildman–Crippen LogP) is 0.871. The van der Waals surface area contributed by atoms with Crippen LogP contribution in [0, 0.1) is 0 Å². The molecule has 8 nitrogen and oxygen atoms in total. The van der Waals surface area contributed by atoms with Gasteiger partial charge in [0.05, 0.1) is 12.0 Å². The first-order valence-electron chi connectivity index (χ1n) is 9.02. The number of H-pyrrole nitrogens is 1. The predicted molar refractivity (Wildman–Crippen MR) is 104 cm³/mol. The molecular formula is C21H20N3O5-. The van der Waals surface area contributed by atoms with Gasteiger partial charge in [-0.05, 0) is 17.2 Å². The Labute approximate surface area is 166 Å². The van der Waals surface area contributed by atoms with Gasteiger partial charge >= 0.3 is 6.09 Å². The second kappa shape index (κ2) is 9.41. The lowest BCUT2D eigenvalue weighted by Crippen LogP contribution is -2.51. The number of benzene rings is 2. The molecule has 8 heteroatoms. The number of nitrogens with one attached hydrogen (secondary N) is 3. The Balaban J connectivity index is 1.49. The lowest BCUT2D eigenvalue weighted by molar-refractivity contribution is -0.308. The summed E-state index contributed by atoms with van der Waals surface area (Å²) in [6.45, 7) is -0.345. The summed E-state index contributed by atoms with van der Waals surface area (Å²) < 4.78 is 5.00. The molecular weight excluding hydrogens is 374 g/mol. The molecule has 150 valence electrons. The van der Waals surface area contributed by atoms with Crippen molar-refractivity contribution in [2.24, 2.45) is 0 Å². The molecule has 2 amide bonds. The zero-order chi connectivity index (χ0) is 20.6. The topological polar surface area (TPSA) is 123 Å². The van der Waals surface area contributed by atoms with Crippen molar-refractivity contribution >= 4 is 28.9 Å². The maximum Gasteiger partial charge on any atom is 0.407 e. The van der Waals surface area contributed by atoms with Crippen molar-refractivity contribution in [1.82, 2.24) is 15.6 Å². The highest BCUT2D eigenvalue weighted by Crippen LogP contribution is 2.19. The molecule has 0 radical (unpaired) electrons. The van der Waals surface area contributed by atoms with Crippen LogP contribution in [-0.2, 0) is 27.4 Å². The zero-order valence-electron chi connectivity index (χ0n) is 15.5. The average molecular weight is 394 g/mol. The number of hydrogen-bond donors (Lipinski definition) is 3. The van der Waals surface area contributed by atoms with E-state index in [2.05, 4.69) is 15.6 Å². The monoisotopic (exact) mass is 394 g/mol. The first-order valence-corrected chi connectivity index (χ1v) is 9.02. The van der Waals surface area contributed by atoms with Crippen molar-refractivity contribution in [3.05, 3.63) is 71.9 Å². The van der Waals surface area contributed by atoms with Gasteiger partial charge in [-0.15, -0.1) is 0 Å². The number of carbonyl (C=O) groups is 3. The van der Waals surface area contributed by atoms with Gasteiger partial charge in [0.15, 0.2) is 0 Å². The van der Waals surface area contributed by atoms with Crippen molar-refractivity contribution < 1.29 is 24.2 Å². The molecule has 0 aliphatic rings. The van der Waals surface area contributed by atoms with E-state index >= 15 is 0 Å². The summed E-state index contributed by atoms with van der Waals surface area (Å²) >= 11 is 0. The first kappa shape index (κ1) is 19.9. The number of para-hydroxylation sites is 1. The van der Waals surface area contributed by atoms with Gasteiger partial charge in [-0.25, -0.2) is 4.79 Å². The normalized spacial score (nSPS) is 11.6. The lowest BCUT2D eigenvalue weighted by atomic mass is 10.1. The maximum absolute atomic E-state index is 12.0. The fourth-order valence-corrected chi connectivity index (χ4v) is 2.89. The van der Waals surface area contributed by atoms with Gasteiger partial charge < -0.3 is 30.3 Å². The number of amides is 2. The number of rotatable bonds is 8. The van der Waals surface area contributed by atoms with Crippen molar-refractivity contribution in [2.45, 2.75) is 19.1 Å². The van der Waals surface area contributed by atoms with Gasteiger partial charge in [-0.3, -0.25) is 4.79 Å². The van der Waals surface area contributed by atoms with Crippen LogP contribution in [0.1, 0.15) is 11.1 Å². The van der Waals surface area contributed by atoms with E-state index in [1.165, 1.54) is 0 Å². The summed E-state index contributed by atoms with van der Waals surface area (Å²) in [7, 11) is 0. The van der Waals surface area contributed by atoms with E-state index < -0.39 is 30.6 Å². The zero-order valence-corrected chi connectivity index (χ0v) is 15.5.